The minimum Gasteiger partial charge on any atom is -0.396 e. The van der Waals surface area contributed by atoms with Crippen molar-refractivity contribution in [3.63, 3.8) is 0 Å². The van der Waals surface area contributed by atoms with Crippen LogP contribution in [0, 0.1) is 5.92 Å². The summed E-state index contributed by atoms with van der Waals surface area (Å²) in [5, 5.41) is 8.93. The summed E-state index contributed by atoms with van der Waals surface area (Å²) in [5.74, 6) is -0.191. The van der Waals surface area contributed by atoms with Gasteiger partial charge in [-0.2, -0.15) is 0 Å². The summed E-state index contributed by atoms with van der Waals surface area (Å²) >= 11 is 11.6. The summed E-state index contributed by atoms with van der Waals surface area (Å²) in [4.78, 5) is -0.129. The Bertz CT molecular complexity index is 534. The highest BCUT2D eigenvalue weighted by atomic mass is 35.5. The number of nitrogen functional groups attached to an aromatic ring is 1. The van der Waals surface area contributed by atoms with Crippen molar-refractivity contribution in [2.24, 2.45) is 5.92 Å². The van der Waals surface area contributed by atoms with Gasteiger partial charge < -0.3 is 10.8 Å². The first-order chi connectivity index (χ1) is 8.29. The van der Waals surface area contributed by atoms with Crippen LogP contribution in [0.25, 0.3) is 0 Å². The lowest BCUT2D eigenvalue weighted by atomic mass is 10.2. The van der Waals surface area contributed by atoms with Gasteiger partial charge in [-0.1, -0.05) is 30.1 Å². The summed E-state index contributed by atoms with van der Waals surface area (Å²) in [7, 11) is -3.77. The zero-order valence-electron chi connectivity index (χ0n) is 9.65. The molecule has 0 fully saturated rings. The molecule has 4 N–H and O–H groups in total. The lowest BCUT2D eigenvalue weighted by Gasteiger charge is -2.12. The SMILES string of the molecule is CC(CO)CNS(=O)(=O)c1ccc(Cl)c(N)c1Cl. The van der Waals surface area contributed by atoms with E-state index in [1.54, 1.807) is 6.92 Å². The van der Waals surface area contributed by atoms with E-state index in [-0.39, 0.29) is 39.7 Å². The lowest BCUT2D eigenvalue weighted by molar-refractivity contribution is 0.238. The molecule has 1 rings (SSSR count). The Morgan fingerprint density at radius 3 is 2.61 bits per heavy atom. The molecule has 8 heteroatoms. The van der Waals surface area contributed by atoms with Crippen molar-refractivity contribution < 1.29 is 13.5 Å². The molecule has 1 unspecified atom stereocenters. The Labute approximate surface area is 116 Å². The third kappa shape index (κ3) is 3.49. The summed E-state index contributed by atoms with van der Waals surface area (Å²) < 4.78 is 26.3. The van der Waals surface area contributed by atoms with Crippen LogP contribution in [0.2, 0.25) is 10.0 Å². The van der Waals surface area contributed by atoms with E-state index in [4.69, 9.17) is 34.0 Å². The Morgan fingerprint density at radius 1 is 1.44 bits per heavy atom. The molecule has 1 atom stereocenters. The van der Waals surface area contributed by atoms with Gasteiger partial charge >= 0.3 is 0 Å². The van der Waals surface area contributed by atoms with Crippen molar-refractivity contribution in [3.05, 3.63) is 22.2 Å². The van der Waals surface area contributed by atoms with Crippen LogP contribution in [0.5, 0.6) is 0 Å². The second-order valence-electron chi connectivity index (χ2n) is 3.91. The number of anilines is 1. The Hall–Kier alpha value is -0.530. The minimum atomic E-state index is -3.77. The maximum atomic E-state index is 12.0. The van der Waals surface area contributed by atoms with Crippen LogP contribution < -0.4 is 10.5 Å². The molecule has 0 saturated carbocycles. The van der Waals surface area contributed by atoms with E-state index in [0.29, 0.717) is 0 Å². The van der Waals surface area contributed by atoms with Gasteiger partial charge in [0.2, 0.25) is 10.0 Å². The van der Waals surface area contributed by atoms with Crippen LogP contribution in [0.3, 0.4) is 0 Å². The highest BCUT2D eigenvalue weighted by molar-refractivity contribution is 7.89. The second-order valence-corrected chi connectivity index (χ2v) is 6.43. The van der Waals surface area contributed by atoms with Gasteiger partial charge in [0.1, 0.15) is 4.90 Å². The van der Waals surface area contributed by atoms with Crippen LogP contribution in [0.1, 0.15) is 6.92 Å². The predicted octanol–water partition coefficient (Wildman–Crippen LogP) is 1.48. The molecule has 0 spiro atoms. The largest absolute Gasteiger partial charge is 0.396 e. The average Bonchev–Trinajstić information content (AvgIpc) is 2.32. The molecule has 0 aliphatic carbocycles. The maximum Gasteiger partial charge on any atom is 0.242 e. The molecular weight excluding hydrogens is 299 g/mol. The third-order valence-electron chi connectivity index (χ3n) is 2.31. The molecule has 102 valence electrons. The average molecular weight is 313 g/mol. The fourth-order valence-corrected chi connectivity index (χ4v) is 3.08. The van der Waals surface area contributed by atoms with Crippen LogP contribution in [-0.2, 0) is 10.0 Å². The fourth-order valence-electron chi connectivity index (χ4n) is 1.15. The molecule has 0 amide bonds. The van der Waals surface area contributed by atoms with E-state index >= 15 is 0 Å². The van der Waals surface area contributed by atoms with E-state index in [1.807, 2.05) is 0 Å². The number of halogens is 2. The number of hydrogen-bond acceptors (Lipinski definition) is 4. The fraction of sp³-hybridized carbons (Fsp3) is 0.400. The number of rotatable bonds is 5. The molecule has 0 aliphatic heterocycles. The molecule has 1 aromatic rings. The summed E-state index contributed by atoms with van der Waals surface area (Å²) in [6, 6.07) is 2.65. The minimum absolute atomic E-state index is 0.0245. The molecule has 0 aromatic heterocycles. The van der Waals surface area contributed by atoms with E-state index < -0.39 is 10.0 Å². The van der Waals surface area contributed by atoms with Crippen molar-refractivity contribution in [1.82, 2.24) is 4.72 Å². The van der Waals surface area contributed by atoms with Gasteiger partial charge in [0, 0.05) is 13.2 Å². The number of aliphatic hydroxyl groups is 1. The summed E-state index contributed by atoms with van der Waals surface area (Å²) in [6.45, 7) is 1.71. The van der Waals surface area contributed by atoms with Gasteiger partial charge in [0.05, 0.1) is 15.7 Å². The number of sulfonamides is 1. The smallest absolute Gasteiger partial charge is 0.242 e. The molecule has 0 radical (unpaired) electrons. The first-order valence-corrected chi connectivity index (χ1v) is 7.37. The first-order valence-electron chi connectivity index (χ1n) is 5.13. The highest BCUT2D eigenvalue weighted by Gasteiger charge is 2.21. The topological polar surface area (TPSA) is 92.4 Å². The molecule has 0 aliphatic rings. The van der Waals surface area contributed by atoms with Gasteiger partial charge in [-0.25, -0.2) is 13.1 Å². The molecule has 0 saturated heterocycles. The zero-order valence-corrected chi connectivity index (χ0v) is 12.0. The van der Waals surface area contributed by atoms with Gasteiger partial charge in [-0.15, -0.1) is 0 Å². The van der Waals surface area contributed by atoms with Gasteiger partial charge in [-0.05, 0) is 18.1 Å². The molecule has 1 aromatic carbocycles. The van der Waals surface area contributed by atoms with Crippen LogP contribution in [0.15, 0.2) is 17.0 Å². The molecule has 0 bridgehead atoms. The molecule has 0 heterocycles. The second kappa shape index (κ2) is 6.08. The third-order valence-corrected chi connectivity index (χ3v) is 4.63. The quantitative estimate of drug-likeness (QED) is 0.718. The Balaban J connectivity index is 3.03. The van der Waals surface area contributed by atoms with E-state index in [9.17, 15) is 8.42 Å². The van der Waals surface area contributed by atoms with Crippen molar-refractivity contribution >= 4 is 38.9 Å². The predicted molar refractivity (Wildman–Crippen MR) is 72.3 cm³/mol. The monoisotopic (exact) mass is 312 g/mol. The number of nitrogens with one attached hydrogen (secondary N) is 1. The van der Waals surface area contributed by atoms with Gasteiger partial charge in [-0.3, -0.25) is 0 Å². The van der Waals surface area contributed by atoms with Crippen molar-refractivity contribution in [3.8, 4) is 0 Å². The molecule has 18 heavy (non-hydrogen) atoms. The summed E-state index contributed by atoms with van der Waals surface area (Å²) in [6.07, 6.45) is 0. The maximum absolute atomic E-state index is 12.0. The number of hydrogen-bond donors (Lipinski definition) is 3. The number of benzene rings is 1. The Kier molecular flexibility index (Phi) is 5.24. The van der Waals surface area contributed by atoms with E-state index in [1.165, 1.54) is 12.1 Å². The lowest BCUT2D eigenvalue weighted by Crippen LogP contribution is -2.30. The number of nitrogens with two attached hydrogens (primary N) is 1. The van der Waals surface area contributed by atoms with Crippen LogP contribution >= 0.6 is 23.2 Å². The zero-order chi connectivity index (χ0) is 13.9. The van der Waals surface area contributed by atoms with Crippen LogP contribution in [-0.4, -0.2) is 26.7 Å². The summed E-state index contributed by atoms with van der Waals surface area (Å²) in [5.41, 5.74) is 5.59. The van der Waals surface area contributed by atoms with Crippen molar-refractivity contribution in [2.75, 3.05) is 18.9 Å². The van der Waals surface area contributed by atoms with Crippen molar-refractivity contribution in [1.29, 1.82) is 0 Å². The molecular formula is C10H14Cl2N2O3S. The number of aliphatic hydroxyl groups excluding tert-OH is 1. The first kappa shape index (κ1) is 15.5. The van der Waals surface area contributed by atoms with Crippen LogP contribution in [0.4, 0.5) is 5.69 Å². The normalized spacial score (nSPS) is 13.6. The van der Waals surface area contributed by atoms with Gasteiger partial charge in [0.15, 0.2) is 0 Å². The Morgan fingerprint density at radius 2 is 2.06 bits per heavy atom. The highest BCUT2D eigenvalue weighted by Crippen LogP contribution is 2.32. The van der Waals surface area contributed by atoms with Crippen molar-refractivity contribution in [2.45, 2.75) is 11.8 Å². The van der Waals surface area contributed by atoms with Gasteiger partial charge in [0.25, 0.3) is 0 Å². The molecule has 5 nitrogen and oxygen atoms in total. The standard InChI is InChI=1S/C10H14Cl2N2O3S/c1-6(5-15)4-14-18(16,17)8-3-2-7(11)10(13)9(8)12/h2-3,6,14-15H,4-5,13H2,1H3. The van der Waals surface area contributed by atoms with E-state index in [2.05, 4.69) is 4.72 Å². The van der Waals surface area contributed by atoms with E-state index in [0.717, 1.165) is 0 Å².